The minimum Gasteiger partial charge on any atom is -0.465 e. The molecule has 3 rings (SSSR count). The normalized spacial score (nSPS) is 10.6. The van der Waals surface area contributed by atoms with Gasteiger partial charge in [-0.3, -0.25) is 0 Å². The topological polar surface area (TPSA) is 52.3 Å². The van der Waals surface area contributed by atoms with Crippen LogP contribution >= 0.6 is 0 Å². The van der Waals surface area contributed by atoms with Gasteiger partial charge in [0.25, 0.3) is 0 Å². The second-order valence-electron chi connectivity index (χ2n) is 5.06. The van der Waals surface area contributed by atoms with Crippen LogP contribution in [0.4, 0.5) is 8.78 Å². The molecule has 24 heavy (non-hydrogen) atoms. The van der Waals surface area contributed by atoms with Crippen LogP contribution in [0.25, 0.3) is 11.3 Å². The summed E-state index contributed by atoms with van der Waals surface area (Å²) in [5, 5.41) is 0. The SMILES string of the molecule is COC(=O)c1ccc(-c2cnc(Cc3c(F)cccc3F)o2)cc1. The van der Waals surface area contributed by atoms with Gasteiger partial charge < -0.3 is 9.15 Å². The highest BCUT2D eigenvalue weighted by Gasteiger charge is 2.14. The summed E-state index contributed by atoms with van der Waals surface area (Å²) in [7, 11) is 1.31. The molecule has 0 aliphatic heterocycles. The molecule has 0 bridgehead atoms. The second kappa shape index (κ2) is 6.62. The van der Waals surface area contributed by atoms with Gasteiger partial charge >= 0.3 is 5.97 Å². The molecule has 0 amide bonds. The van der Waals surface area contributed by atoms with Crippen molar-refractivity contribution in [3.05, 3.63) is 77.3 Å². The highest BCUT2D eigenvalue weighted by molar-refractivity contribution is 5.89. The number of halogens is 2. The number of oxazole rings is 1. The number of rotatable bonds is 4. The standard InChI is InChI=1S/C18H13F2NO3/c1-23-18(22)12-7-5-11(6-8-12)16-10-21-17(24-16)9-13-14(19)3-2-4-15(13)20/h2-8,10H,9H2,1H3. The molecule has 0 unspecified atom stereocenters. The van der Waals surface area contributed by atoms with Crippen molar-refractivity contribution in [2.45, 2.75) is 6.42 Å². The summed E-state index contributed by atoms with van der Waals surface area (Å²) < 4.78 is 37.5. The first kappa shape index (κ1) is 15.9. The van der Waals surface area contributed by atoms with Crippen LogP contribution in [0.15, 0.2) is 53.1 Å². The lowest BCUT2D eigenvalue weighted by molar-refractivity contribution is 0.0600. The first-order valence-electron chi connectivity index (χ1n) is 7.15. The van der Waals surface area contributed by atoms with E-state index in [9.17, 15) is 13.6 Å². The van der Waals surface area contributed by atoms with Crippen LogP contribution in [-0.4, -0.2) is 18.1 Å². The molecule has 0 N–H and O–H groups in total. The van der Waals surface area contributed by atoms with Crippen LogP contribution < -0.4 is 0 Å². The first-order valence-corrected chi connectivity index (χ1v) is 7.15. The lowest BCUT2D eigenvalue weighted by atomic mass is 10.1. The number of hydrogen-bond donors (Lipinski definition) is 0. The van der Waals surface area contributed by atoms with Crippen molar-refractivity contribution in [3.8, 4) is 11.3 Å². The number of benzene rings is 2. The molecule has 1 heterocycles. The van der Waals surface area contributed by atoms with Gasteiger partial charge in [0.1, 0.15) is 11.6 Å². The Bertz CT molecular complexity index is 852. The number of aromatic nitrogens is 1. The van der Waals surface area contributed by atoms with E-state index in [-0.39, 0.29) is 17.9 Å². The summed E-state index contributed by atoms with van der Waals surface area (Å²) >= 11 is 0. The van der Waals surface area contributed by atoms with E-state index >= 15 is 0 Å². The molecule has 6 heteroatoms. The molecule has 0 aliphatic carbocycles. The lowest BCUT2D eigenvalue weighted by Crippen LogP contribution is -2.00. The van der Waals surface area contributed by atoms with E-state index in [0.29, 0.717) is 16.9 Å². The van der Waals surface area contributed by atoms with Crippen molar-refractivity contribution in [1.82, 2.24) is 4.98 Å². The Morgan fingerprint density at radius 3 is 2.42 bits per heavy atom. The van der Waals surface area contributed by atoms with Gasteiger partial charge in [-0.05, 0) is 24.3 Å². The van der Waals surface area contributed by atoms with Crippen molar-refractivity contribution in [3.63, 3.8) is 0 Å². The van der Waals surface area contributed by atoms with Gasteiger partial charge in [-0.25, -0.2) is 18.6 Å². The minimum absolute atomic E-state index is 0.0846. The number of hydrogen-bond acceptors (Lipinski definition) is 4. The van der Waals surface area contributed by atoms with Crippen LogP contribution in [0, 0.1) is 11.6 Å². The molecule has 0 fully saturated rings. The fraction of sp³-hybridized carbons (Fsp3) is 0.111. The average Bonchev–Trinajstić information content (AvgIpc) is 3.06. The third kappa shape index (κ3) is 3.17. The molecule has 0 radical (unpaired) electrons. The van der Waals surface area contributed by atoms with Crippen LogP contribution in [-0.2, 0) is 11.2 Å². The molecule has 0 spiro atoms. The summed E-state index contributed by atoms with van der Waals surface area (Å²) in [5.74, 6) is -1.08. The third-order valence-corrected chi connectivity index (χ3v) is 3.53. The largest absolute Gasteiger partial charge is 0.465 e. The van der Waals surface area contributed by atoms with Crippen LogP contribution in [0.3, 0.4) is 0 Å². The maximum absolute atomic E-state index is 13.7. The summed E-state index contributed by atoms with van der Waals surface area (Å²) in [4.78, 5) is 15.5. The molecule has 4 nitrogen and oxygen atoms in total. The molecular formula is C18H13F2NO3. The van der Waals surface area contributed by atoms with Gasteiger partial charge in [0.2, 0.25) is 0 Å². The van der Waals surface area contributed by atoms with E-state index in [1.807, 2.05) is 0 Å². The molecule has 2 aromatic carbocycles. The van der Waals surface area contributed by atoms with Crippen molar-refractivity contribution >= 4 is 5.97 Å². The van der Waals surface area contributed by atoms with Crippen molar-refractivity contribution < 1.29 is 22.7 Å². The fourth-order valence-corrected chi connectivity index (χ4v) is 2.27. The van der Waals surface area contributed by atoms with Gasteiger partial charge in [0.15, 0.2) is 11.7 Å². The minimum atomic E-state index is -0.641. The quantitative estimate of drug-likeness (QED) is 0.679. The zero-order valence-electron chi connectivity index (χ0n) is 12.8. The van der Waals surface area contributed by atoms with Crippen molar-refractivity contribution in [2.24, 2.45) is 0 Å². The van der Waals surface area contributed by atoms with E-state index in [2.05, 4.69) is 9.72 Å². The summed E-state index contributed by atoms with van der Waals surface area (Å²) in [6.45, 7) is 0. The molecular weight excluding hydrogens is 316 g/mol. The van der Waals surface area contributed by atoms with E-state index < -0.39 is 17.6 Å². The fourth-order valence-electron chi connectivity index (χ4n) is 2.27. The van der Waals surface area contributed by atoms with Crippen LogP contribution in [0.1, 0.15) is 21.8 Å². The van der Waals surface area contributed by atoms with Crippen molar-refractivity contribution in [2.75, 3.05) is 7.11 Å². The monoisotopic (exact) mass is 329 g/mol. The number of carbonyl (C=O) groups is 1. The first-order chi connectivity index (χ1) is 11.6. The zero-order valence-corrected chi connectivity index (χ0v) is 12.8. The van der Waals surface area contributed by atoms with Gasteiger partial charge in [-0.2, -0.15) is 0 Å². The molecule has 0 saturated carbocycles. The van der Waals surface area contributed by atoms with Gasteiger partial charge in [0.05, 0.1) is 25.3 Å². The number of ether oxygens (including phenoxy) is 1. The molecule has 1 aromatic heterocycles. The lowest BCUT2D eigenvalue weighted by Gasteiger charge is -2.02. The van der Waals surface area contributed by atoms with Gasteiger partial charge in [-0.15, -0.1) is 0 Å². The average molecular weight is 329 g/mol. The molecule has 0 atom stereocenters. The summed E-state index contributed by atoms with van der Waals surface area (Å²) in [6, 6.07) is 10.2. The number of carbonyl (C=O) groups excluding carboxylic acids is 1. The van der Waals surface area contributed by atoms with Crippen LogP contribution in [0.5, 0.6) is 0 Å². The molecule has 0 saturated heterocycles. The summed E-state index contributed by atoms with van der Waals surface area (Å²) in [5.41, 5.74) is 1.01. The van der Waals surface area contributed by atoms with E-state index in [0.717, 1.165) is 0 Å². The van der Waals surface area contributed by atoms with E-state index in [1.165, 1.54) is 31.5 Å². The van der Waals surface area contributed by atoms with Gasteiger partial charge in [-0.1, -0.05) is 18.2 Å². The van der Waals surface area contributed by atoms with E-state index in [1.54, 1.807) is 24.3 Å². The molecule has 3 aromatic rings. The van der Waals surface area contributed by atoms with E-state index in [4.69, 9.17) is 4.42 Å². The Morgan fingerprint density at radius 2 is 1.79 bits per heavy atom. The van der Waals surface area contributed by atoms with Gasteiger partial charge in [0, 0.05) is 11.1 Å². The highest BCUT2D eigenvalue weighted by Crippen LogP contribution is 2.23. The number of methoxy groups -OCH3 is 1. The second-order valence-corrected chi connectivity index (χ2v) is 5.06. The maximum atomic E-state index is 13.7. The smallest absolute Gasteiger partial charge is 0.337 e. The predicted molar refractivity (Wildman–Crippen MR) is 82.4 cm³/mol. The third-order valence-electron chi connectivity index (χ3n) is 3.53. The Labute approximate surface area is 136 Å². The molecule has 0 aliphatic rings. The Hall–Kier alpha value is -3.02. The van der Waals surface area contributed by atoms with Crippen LogP contribution in [0.2, 0.25) is 0 Å². The maximum Gasteiger partial charge on any atom is 0.337 e. The summed E-state index contributed by atoms with van der Waals surface area (Å²) in [6.07, 6.45) is 1.39. The zero-order chi connectivity index (χ0) is 17.1. The predicted octanol–water partition coefficient (Wildman–Crippen LogP) is 4.00. The Morgan fingerprint density at radius 1 is 1.12 bits per heavy atom. The molecule has 122 valence electrons. The Balaban J connectivity index is 1.82. The van der Waals surface area contributed by atoms with Crippen molar-refractivity contribution in [1.29, 1.82) is 0 Å². The highest BCUT2D eigenvalue weighted by atomic mass is 19.1. The number of nitrogens with zero attached hydrogens (tertiary/aromatic N) is 1. The Kier molecular flexibility index (Phi) is 4.37. The number of esters is 1.